The minimum atomic E-state index is -0.380. The van der Waals surface area contributed by atoms with Gasteiger partial charge in [0.2, 0.25) is 11.8 Å². The molecule has 1 heterocycles. The second-order valence-corrected chi connectivity index (χ2v) is 3.68. The van der Waals surface area contributed by atoms with E-state index >= 15 is 0 Å². The zero-order valence-electron chi connectivity index (χ0n) is 8.38. The molecule has 1 rings (SSSR count). The molecule has 0 aliphatic carbocycles. The fourth-order valence-electron chi connectivity index (χ4n) is 1.55. The number of nitrogens with two attached hydrogens (primary N) is 1. The fourth-order valence-corrected chi connectivity index (χ4v) is 1.55. The number of primary amides is 1. The summed E-state index contributed by atoms with van der Waals surface area (Å²) >= 11 is 0. The summed E-state index contributed by atoms with van der Waals surface area (Å²) in [5, 5.41) is 5.84. The largest absolute Gasteiger partial charge is 0.368 e. The van der Waals surface area contributed by atoms with Gasteiger partial charge in [0, 0.05) is 19.0 Å². The average molecular weight is 199 g/mol. The monoisotopic (exact) mass is 199 g/mol. The molecule has 0 aromatic heterocycles. The highest BCUT2D eigenvalue weighted by Gasteiger charge is 2.20. The van der Waals surface area contributed by atoms with Crippen molar-refractivity contribution in [2.45, 2.75) is 38.3 Å². The van der Waals surface area contributed by atoms with Crippen LogP contribution in [-0.2, 0) is 9.59 Å². The number of hydrogen-bond acceptors (Lipinski definition) is 3. The molecule has 0 aromatic carbocycles. The smallest absolute Gasteiger partial charge is 0.234 e. The summed E-state index contributed by atoms with van der Waals surface area (Å²) in [5.74, 6) is -0.341. The van der Waals surface area contributed by atoms with Gasteiger partial charge in [0.25, 0.3) is 0 Å². The van der Waals surface area contributed by atoms with Gasteiger partial charge in [0.15, 0.2) is 0 Å². The van der Waals surface area contributed by atoms with E-state index in [9.17, 15) is 9.59 Å². The van der Waals surface area contributed by atoms with Crippen LogP contribution in [0.4, 0.5) is 0 Å². The molecule has 2 atom stereocenters. The number of rotatable bonds is 3. The van der Waals surface area contributed by atoms with Gasteiger partial charge in [-0.3, -0.25) is 9.59 Å². The highest BCUT2D eigenvalue weighted by atomic mass is 16.2. The van der Waals surface area contributed by atoms with E-state index in [4.69, 9.17) is 5.73 Å². The Hall–Kier alpha value is -1.10. The molecule has 1 saturated heterocycles. The second kappa shape index (κ2) is 4.95. The zero-order chi connectivity index (χ0) is 10.6. The van der Waals surface area contributed by atoms with Gasteiger partial charge in [-0.2, -0.15) is 0 Å². The van der Waals surface area contributed by atoms with E-state index in [-0.39, 0.29) is 23.9 Å². The molecule has 2 unspecified atom stereocenters. The lowest BCUT2D eigenvalue weighted by atomic mass is 10.1. The van der Waals surface area contributed by atoms with Crippen LogP contribution in [0, 0.1) is 0 Å². The van der Waals surface area contributed by atoms with Crippen molar-refractivity contribution in [1.82, 2.24) is 10.6 Å². The third-order valence-electron chi connectivity index (χ3n) is 2.40. The zero-order valence-corrected chi connectivity index (χ0v) is 8.38. The lowest BCUT2D eigenvalue weighted by molar-refractivity contribution is -0.122. The van der Waals surface area contributed by atoms with Gasteiger partial charge in [-0.25, -0.2) is 0 Å². The molecule has 5 nitrogen and oxygen atoms in total. The second-order valence-electron chi connectivity index (χ2n) is 3.68. The molecule has 0 radical (unpaired) electrons. The van der Waals surface area contributed by atoms with E-state index < -0.39 is 0 Å². The van der Waals surface area contributed by atoms with Gasteiger partial charge < -0.3 is 16.4 Å². The van der Waals surface area contributed by atoms with Crippen LogP contribution in [0.1, 0.15) is 26.2 Å². The van der Waals surface area contributed by atoms with Crippen LogP contribution in [0.15, 0.2) is 0 Å². The van der Waals surface area contributed by atoms with E-state index in [2.05, 4.69) is 10.6 Å². The highest BCUT2D eigenvalue weighted by Crippen LogP contribution is 2.06. The lowest BCUT2D eigenvalue weighted by Gasteiger charge is -2.18. The van der Waals surface area contributed by atoms with Crippen LogP contribution >= 0.6 is 0 Å². The maximum Gasteiger partial charge on any atom is 0.234 e. The van der Waals surface area contributed by atoms with Crippen LogP contribution < -0.4 is 16.4 Å². The van der Waals surface area contributed by atoms with E-state index in [1.54, 1.807) is 6.92 Å². The van der Waals surface area contributed by atoms with Gasteiger partial charge in [-0.15, -0.1) is 0 Å². The van der Waals surface area contributed by atoms with Gasteiger partial charge in [-0.05, 0) is 19.8 Å². The van der Waals surface area contributed by atoms with Crippen LogP contribution in [0.25, 0.3) is 0 Å². The van der Waals surface area contributed by atoms with E-state index in [1.165, 1.54) is 0 Å². The Morgan fingerprint density at radius 2 is 2.43 bits per heavy atom. The SMILES string of the molecule is CC(NC1CCCNC(=O)C1)C(N)=O. The Morgan fingerprint density at radius 1 is 1.71 bits per heavy atom. The number of carbonyl (C=O) groups excluding carboxylic acids is 2. The highest BCUT2D eigenvalue weighted by molar-refractivity contribution is 5.80. The molecule has 0 saturated carbocycles. The van der Waals surface area contributed by atoms with Crippen molar-refractivity contribution < 1.29 is 9.59 Å². The molecule has 2 amide bonds. The van der Waals surface area contributed by atoms with Crippen molar-refractivity contribution >= 4 is 11.8 Å². The molecule has 1 aliphatic rings. The normalized spacial score (nSPS) is 24.9. The molecule has 5 heteroatoms. The molecule has 0 bridgehead atoms. The number of nitrogens with one attached hydrogen (secondary N) is 2. The summed E-state index contributed by atoms with van der Waals surface area (Å²) in [6.45, 7) is 2.44. The number of carbonyl (C=O) groups is 2. The summed E-state index contributed by atoms with van der Waals surface area (Å²) in [6, 6.07) is -0.300. The van der Waals surface area contributed by atoms with Crippen molar-refractivity contribution in [3.8, 4) is 0 Å². The summed E-state index contributed by atoms with van der Waals surface area (Å²) in [5.41, 5.74) is 5.12. The minimum Gasteiger partial charge on any atom is -0.368 e. The summed E-state index contributed by atoms with van der Waals surface area (Å²) in [7, 11) is 0. The standard InChI is InChI=1S/C9H17N3O2/c1-6(9(10)14)12-7-3-2-4-11-8(13)5-7/h6-7,12H,2-5H2,1H3,(H2,10,14)(H,11,13). The van der Waals surface area contributed by atoms with Gasteiger partial charge in [0.1, 0.15) is 0 Å². The predicted octanol–water partition coefficient (Wildman–Crippen LogP) is -0.881. The Bertz CT molecular complexity index is 230. The first kappa shape index (κ1) is 11.0. The Kier molecular flexibility index (Phi) is 3.88. The van der Waals surface area contributed by atoms with E-state index in [0.717, 1.165) is 19.4 Å². The Labute approximate surface area is 83.4 Å². The summed E-state index contributed by atoms with van der Waals surface area (Å²) in [4.78, 5) is 22.0. The molecule has 80 valence electrons. The summed E-state index contributed by atoms with van der Waals surface area (Å²) in [6.07, 6.45) is 2.27. The Balaban J connectivity index is 2.42. The molecule has 0 spiro atoms. The number of amides is 2. The molecule has 14 heavy (non-hydrogen) atoms. The van der Waals surface area contributed by atoms with E-state index in [1.807, 2.05) is 0 Å². The fraction of sp³-hybridized carbons (Fsp3) is 0.778. The van der Waals surface area contributed by atoms with Crippen molar-refractivity contribution in [3.63, 3.8) is 0 Å². The quantitative estimate of drug-likeness (QED) is 0.552. The van der Waals surface area contributed by atoms with Crippen LogP contribution in [-0.4, -0.2) is 30.4 Å². The average Bonchev–Trinajstić information content (AvgIpc) is 2.29. The van der Waals surface area contributed by atoms with Crippen LogP contribution in [0.3, 0.4) is 0 Å². The van der Waals surface area contributed by atoms with Crippen molar-refractivity contribution in [3.05, 3.63) is 0 Å². The first-order valence-electron chi connectivity index (χ1n) is 4.91. The predicted molar refractivity (Wildman–Crippen MR) is 52.4 cm³/mol. The molecule has 1 fully saturated rings. The third-order valence-corrected chi connectivity index (χ3v) is 2.40. The maximum absolute atomic E-state index is 11.2. The summed E-state index contributed by atoms with van der Waals surface area (Å²) < 4.78 is 0. The van der Waals surface area contributed by atoms with Gasteiger partial charge >= 0.3 is 0 Å². The topological polar surface area (TPSA) is 84.2 Å². The third kappa shape index (κ3) is 3.33. The van der Waals surface area contributed by atoms with Crippen molar-refractivity contribution in [2.75, 3.05) is 6.54 Å². The molecular weight excluding hydrogens is 182 g/mol. The molecule has 4 N–H and O–H groups in total. The molecular formula is C9H17N3O2. The number of hydrogen-bond donors (Lipinski definition) is 3. The van der Waals surface area contributed by atoms with Gasteiger partial charge in [-0.1, -0.05) is 0 Å². The molecule has 0 aromatic rings. The Morgan fingerprint density at radius 3 is 3.07 bits per heavy atom. The van der Waals surface area contributed by atoms with Crippen LogP contribution in [0.2, 0.25) is 0 Å². The first-order valence-corrected chi connectivity index (χ1v) is 4.91. The van der Waals surface area contributed by atoms with Crippen molar-refractivity contribution in [1.29, 1.82) is 0 Å². The van der Waals surface area contributed by atoms with Gasteiger partial charge in [0.05, 0.1) is 6.04 Å². The van der Waals surface area contributed by atoms with E-state index in [0.29, 0.717) is 6.42 Å². The lowest BCUT2D eigenvalue weighted by Crippen LogP contribution is -2.45. The minimum absolute atomic E-state index is 0.0386. The first-order chi connectivity index (χ1) is 6.59. The maximum atomic E-state index is 11.2. The van der Waals surface area contributed by atoms with Crippen molar-refractivity contribution in [2.24, 2.45) is 5.73 Å². The van der Waals surface area contributed by atoms with Crippen LogP contribution in [0.5, 0.6) is 0 Å². The molecule has 1 aliphatic heterocycles.